The second-order valence-electron chi connectivity index (χ2n) is 23.2. The number of nitrogens with zero attached hydrogens (tertiary/aromatic N) is 9. The molecule has 2 unspecified atom stereocenters. The summed E-state index contributed by atoms with van der Waals surface area (Å²) in [6.07, 6.45) is 4.28. The average molecular weight is 1220 g/mol. The zero-order valence-electron chi connectivity index (χ0n) is 46.6. The first-order chi connectivity index (χ1) is 37.3. The number of morpholine rings is 1. The first kappa shape index (κ1) is 56.7. The number of pyridine rings is 1. The molecule has 19 nitrogen and oxygen atoms in total. The standard InChI is InChI=1S/C56H77IN11O8SSi/c1-11-45(69)65-22-23-76-55(30-65)31-66(32-55)53(73)63(9)47(34(3)4)49(70)60-51-56(57-51)27-44-59-41(29-77-44)36-15-16-42-38(24-36)40(26-54(6,7)33-75-50(71)43-14-13-17-68(52(56)72)61-78-43)48(67(42)12-2)39-25-37(28-58-46(39)35(5)74-10)64-20-18-62(8)19-21-64/h11,15-16,24-25,28-29,34-35,43,47,50-51,61,71H,1,12-14,17-23,26-27,30-33H2,2-10H3,(H,60,70)/q-1/t35-,43-,47-,50?,51?,56-/m0/s1. The molecule has 4 aromatic rings. The number of hydrogen-bond acceptors (Lipinski definition) is 14. The third kappa shape index (κ3) is 11.1. The van der Waals surface area contributed by atoms with Gasteiger partial charge < -0.3 is 14.5 Å². The van der Waals surface area contributed by atoms with Gasteiger partial charge in [0.2, 0.25) is 0 Å². The van der Waals surface area contributed by atoms with Crippen LogP contribution in [0, 0.1) is 11.3 Å². The van der Waals surface area contributed by atoms with E-state index >= 15 is 4.79 Å². The molecule has 10 rings (SSSR count). The quantitative estimate of drug-likeness (QED) is 0.0686. The number of hydrogen-bond donors (Lipinski definition) is 3. The molecule has 1 aromatic carbocycles. The summed E-state index contributed by atoms with van der Waals surface area (Å²) < 4.78 is 19.7. The van der Waals surface area contributed by atoms with E-state index in [0.717, 1.165) is 76.0 Å². The first-order valence-electron chi connectivity index (χ1n) is 27.5. The molecule has 9 heterocycles. The number of benzene rings is 1. The van der Waals surface area contributed by atoms with Crippen molar-refractivity contribution in [1.82, 2.24) is 49.6 Å². The Labute approximate surface area is 475 Å². The van der Waals surface area contributed by atoms with E-state index < -0.39 is 52.0 Å². The number of carbonyl (C=O) groups is 4. The topological polar surface area (TPSA) is 190 Å². The molecule has 3 aromatic heterocycles. The molecule has 5 fully saturated rings. The van der Waals surface area contributed by atoms with Crippen molar-refractivity contribution in [2.24, 2.45) is 11.3 Å². The number of nitrogens with one attached hydrogen (secondary N) is 2. The van der Waals surface area contributed by atoms with Crippen LogP contribution < -0.4 is 36.5 Å². The Morgan fingerprint density at radius 2 is 1.85 bits per heavy atom. The van der Waals surface area contributed by atoms with Crippen LogP contribution in [0.25, 0.3) is 33.4 Å². The van der Waals surface area contributed by atoms with E-state index in [1.165, 1.54) is 27.9 Å². The minimum absolute atomic E-state index is 0.0114. The van der Waals surface area contributed by atoms with Crippen molar-refractivity contribution in [1.29, 1.82) is 0 Å². The van der Waals surface area contributed by atoms with Crippen molar-refractivity contribution in [3.63, 3.8) is 0 Å². The maximum absolute atomic E-state index is 15.2. The number of rotatable bonds is 10. The number of likely N-dealkylation sites (N-methyl/N-ethyl adjacent to an activating group) is 2. The number of piperazine rings is 1. The van der Waals surface area contributed by atoms with Gasteiger partial charge in [0, 0.05) is 33.3 Å². The number of aromatic nitrogens is 3. The molecule has 2 spiro atoms. The zero-order valence-corrected chi connectivity index (χ0v) is 50.6. The summed E-state index contributed by atoms with van der Waals surface area (Å²) in [4.78, 5) is 76.5. The fourth-order valence-corrected chi connectivity index (χ4v) is 17.5. The van der Waals surface area contributed by atoms with Crippen LogP contribution in [0.5, 0.6) is 0 Å². The molecule has 3 N–H and O–H groups in total. The van der Waals surface area contributed by atoms with Crippen molar-refractivity contribution >= 4 is 61.4 Å². The number of thiazole rings is 1. The van der Waals surface area contributed by atoms with Gasteiger partial charge in [0.05, 0.1) is 18.0 Å². The Kier molecular flexibility index (Phi) is 16.6. The summed E-state index contributed by atoms with van der Waals surface area (Å²) >= 11 is 0.599. The van der Waals surface area contributed by atoms with Crippen LogP contribution in [0.3, 0.4) is 0 Å². The molecule has 6 bridgehead atoms. The molecular weight excluding hydrogens is 1140 g/mol. The molecular formula is C56H77IN11O8SSi-. The van der Waals surface area contributed by atoms with Gasteiger partial charge in [-0.25, -0.2) is 0 Å². The van der Waals surface area contributed by atoms with E-state index in [4.69, 9.17) is 24.2 Å². The summed E-state index contributed by atoms with van der Waals surface area (Å²) in [7, 11) is 5.57. The van der Waals surface area contributed by atoms with E-state index in [9.17, 15) is 19.5 Å². The van der Waals surface area contributed by atoms with Gasteiger partial charge in [-0.3, -0.25) is 9.78 Å². The number of aryl methyl sites for hydroxylation is 1. The van der Waals surface area contributed by atoms with Crippen LogP contribution in [0.2, 0.25) is 5.54 Å². The van der Waals surface area contributed by atoms with Crippen molar-refractivity contribution in [3.05, 3.63) is 64.8 Å². The molecule has 2 radical (unpaired) electrons. The van der Waals surface area contributed by atoms with Gasteiger partial charge >= 0.3 is 376 Å². The van der Waals surface area contributed by atoms with Crippen molar-refractivity contribution in [3.8, 4) is 22.5 Å². The van der Waals surface area contributed by atoms with E-state index in [1.54, 1.807) is 29.0 Å². The number of aliphatic hydroxyl groups excluding tert-OH is 1. The Bertz CT molecular complexity index is 2920. The monoisotopic (exact) mass is 1220 g/mol. The van der Waals surface area contributed by atoms with E-state index in [1.807, 2.05) is 20.0 Å². The third-order valence-electron chi connectivity index (χ3n) is 16.5. The number of amides is 5. The van der Waals surface area contributed by atoms with Gasteiger partial charge in [-0.2, -0.15) is 0 Å². The number of alkyl halides is 2. The van der Waals surface area contributed by atoms with Crippen molar-refractivity contribution in [2.75, 3.05) is 98.2 Å². The Balaban J connectivity index is 0.975. The van der Waals surface area contributed by atoms with Gasteiger partial charge in [0.15, 0.2) is 0 Å². The number of anilines is 1. The second-order valence-corrected chi connectivity index (χ2v) is 29.2. The molecule has 5 saturated heterocycles. The van der Waals surface area contributed by atoms with E-state index in [0.29, 0.717) is 78.2 Å². The van der Waals surface area contributed by atoms with Crippen LogP contribution in [-0.2, 0) is 48.0 Å². The maximum atomic E-state index is 15.2. The number of urea groups is 1. The minimum atomic E-state index is -1.06. The molecule has 0 saturated carbocycles. The third-order valence-corrected chi connectivity index (χ3v) is 22.6. The van der Waals surface area contributed by atoms with Gasteiger partial charge in [-0.1, -0.05) is 6.58 Å². The fourth-order valence-electron chi connectivity index (χ4n) is 12.1. The van der Waals surface area contributed by atoms with Crippen LogP contribution >= 0.6 is 11.3 Å². The van der Waals surface area contributed by atoms with Gasteiger partial charge in [-0.15, -0.1) is 0 Å². The number of ether oxygens (including phenoxy) is 3. The number of fused-ring (bicyclic) bond motifs is 7. The second kappa shape index (κ2) is 22.8. The summed E-state index contributed by atoms with van der Waals surface area (Å²) in [6.45, 7) is 23.1. The average Bonchev–Trinajstić information content (AvgIpc) is 4.13. The number of likely N-dealkylation sites (tertiary alicyclic amines) is 1. The molecule has 78 heavy (non-hydrogen) atoms. The predicted molar refractivity (Wildman–Crippen MR) is 297 cm³/mol. The molecule has 6 aliphatic rings. The summed E-state index contributed by atoms with van der Waals surface area (Å²) in [5, 5.41) is 24.3. The van der Waals surface area contributed by atoms with Gasteiger partial charge in [-0.05, 0) is 20.0 Å². The number of aliphatic hydroxyl groups is 1. The molecule has 22 heteroatoms. The summed E-state index contributed by atoms with van der Waals surface area (Å²) in [5.41, 5.74) is 6.80. The predicted octanol–water partition coefficient (Wildman–Crippen LogP) is 1.76. The zero-order chi connectivity index (χ0) is 55.4. The number of hydrazine groups is 1. The van der Waals surface area contributed by atoms with Crippen LogP contribution in [0.4, 0.5) is 10.5 Å². The Morgan fingerprint density at radius 1 is 1.09 bits per heavy atom. The Hall–Kier alpha value is -4.53. The fraction of sp³-hybridized carbons (Fsp3) is 0.607. The number of methoxy groups -OCH3 is 1. The van der Waals surface area contributed by atoms with E-state index in [-0.39, 0.29) is 51.0 Å². The summed E-state index contributed by atoms with van der Waals surface area (Å²) in [6, 6.07) is 7.80. The van der Waals surface area contributed by atoms with Crippen molar-refractivity contribution < 1.29 is 59.7 Å². The molecule has 422 valence electrons. The van der Waals surface area contributed by atoms with Crippen LogP contribution in [0.15, 0.2) is 48.5 Å². The molecule has 6 atom stereocenters. The Morgan fingerprint density at radius 3 is 2.56 bits per heavy atom. The first-order valence-corrected chi connectivity index (χ1v) is 31.8. The number of halogens is 1. The molecule has 6 aliphatic heterocycles. The van der Waals surface area contributed by atoms with Gasteiger partial charge in [0.25, 0.3) is 0 Å². The van der Waals surface area contributed by atoms with Crippen LogP contribution in [0.1, 0.15) is 76.8 Å². The van der Waals surface area contributed by atoms with Gasteiger partial charge in [0.1, 0.15) is 0 Å². The normalized spacial score (nSPS) is 25.5. The number of carbonyl (C=O) groups excluding carboxylic acids is 4. The van der Waals surface area contributed by atoms with Crippen LogP contribution in [-0.4, -0.2) is 196 Å². The van der Waals surface area contributed by atoms with Crippen molar-refractivity contribution in [2.45, 2.75) is 111 Å². The van der Waals surface area contributed by atoms with E-state index in [2.05, 4.69) is 95.7 Å². The molecule has 5 amide bonds. The SMILES string of the molecule is C=CC(=O)N1CCOC2(C1)CN(C(=O)N(C)[C@H](C(=O)NC1[I-][C@@]13Cc1nc(cs1)-c1ccc4c(c1)c(c(-c1cc(N5CCN(C)CC5)cnc1[C@H](C)OC)n4CC)CC(C)(C)COC(O)[C@@H]1CCCN(N[Si]1)C3=O)C(C)C)C2. The molecule has 0 aliphatic carbocycles. The summed E-state index contributed by atoms with van der Waals surface area (Å²) in [5.74, 6) is -0.797.